The Hall–Kier alpha value is -4.60. The van der Waals surface area contributed by atoms with Gasteiger partial charge in [-0.05, 0) is 18.2 Å². The van der Waals surface area contributed by atoms with Crippen LogP contribution in [0, 0.1) is 28.9 Å². The van der Waals surface area contributed by atoms with Crippen molar-refractivity contribution < 1.29 is 23.1 Å². The van der Waals surface area contributed by atoms with Gasteiger partial charge in [0, 0.05) is 38.4 Å². The lowest BCUT2D eigenvalue weighted by Gasteiger charge is -2.35. The van der Waals surface area contributed by atoms with Crippen LogP contribution in [0.25, 0.3) is 16.7 Å². The van der Waals surface area contributed by atoms with Gasteiger partial charge in [-0.15, -0.1) is 4.99 Å². The number of carbonyl (C=O) groups is 1. The molecule has 4 rings (SSSR count). The number of aliphatic imine (C=N–C) groups is 1. The molecule has 34 heavy (non-hydrogen) atoms. The van der Waals surface area contributed by atoms with Crippen LogP contribution in [-0.4, -0.2) is 57.7 Å². The number of aromatic carboxylic acids is 1. The Labute approximate surface area is 189 Å². The molecule has 13 heteroatoms. The van der Waals surface area contributed by atoms with E-state index in [9.17, 15) is 23.5 Å². The fourth-order valence-corrected chi connectivity index (χ4v) is 3.72. The van der Waals surface area contributed by atoms with Crippen molar-refractivity contribution in [2.75, 3.05) is 31.1 Å². The molecule has 10 nitrogen and oxygen atoms in total. The third kappa shape index (κ3) is 3.96. The Morgan fingerprint density at radius 1 is 1.15 bits per heavy atom. The molecule has 1 aliphatic heterocycles. The van der Waals surface area contributed by atoms with Crippen LogP contribution in [0.4, 0.5) is 19.0 Å². The molecule has 0 unspecified atom stereocenters. The minimum atomic E-state index is -1.60. The van der Waals surface area contributed by atoms with Gasteiger partial charge in [-0.25, -0.2) is 22.9 Å². The number of anilines is 1. The molecule has 0 bridgehead atoms. The SMILES string of the molecule is N#CN=C(N)N1CCN(c2nc3c(cc2F)c(=O)c(C(=O)O)cn3-c2ccc(F)cc2F)CC1. The van der Waals surface area contributed by atoms with E-state index in [0.717, 1.165) is 29.0 Å². The fraction of sp³-hybridized carbons (Fsp3) is 0.190. The number of hydrogen-bond donors (Lipinski definition) is 2. The number of rotatable bonds is 3. The number of guanidine groups is 1. The molecule has 0 spiro atoms. The first-order valence-corrected chi connectivity index (χ1v) is 9.88. The maximum Gasteiger partial charge on any atom is 0.341 e. The zero-order chi connectivity index (χ0) is 24.6. The normalized spacial score (nSPS) is 14.4. The number of nitriles is 1. The molecular formula is C21H16F3N7O3. The van der Waals surface area contributed by atoms with Gasteiger partial charge in [0.05, 0.1) is 11.1 Å². The fourth-order valence-electron chi connectivity index (χ4n) is 3.72. The minimum Gasteiger partial charge on any atom is -0.477 e. The van der Waals surface area contributed by atoms with Crippen molar-refractivity contribution in [2.24, 2.45) is 10.7 Å². The number of halogens is 3. The van der Waals surface area contributed by atoms with Crippen LogP contribution >= 0.6 is 0 Å². The van der Waals surface area contributed by atoms with E-state index in [1.165, 1.54) is 0 Å². The van der Waals surface area contributed by atoms with Crippen molar-refractivity contribution >= 4 is 28.8 Å². The van der Waals surface area contributed by atoms with Crippen molar-refractivity contribution in [1.82, 2.24) is 14.5 Å². The van der Waals surface area contributed by atoms with Gasteiger partial charge in [0.25, 0.3) is 0 Å². The quantitative estimate of drug-likeness (QED) is 0.332. The number of nitrogens with two attached hydrogens (primary N) is 1. The van der Waals surface area contributed by atoms with Gasteiger partial charge in [0.1, 0.15) is 17.2 Å². The van der Waals surface area contributed by atoms with Crippen molar-refractivity contribution in [3.05, 3.63) is 63.7 Å². The summed E-state index contributed by atoms with van der Waals surface area (Å²) in [7, 11) is 0. The van der Waals surface area contributed by atoms with E-state index in [2.05, 4.69) is 9.98 Å². The van der Waals surface area contributed by atoms with Crippen LogP contribution in [0.5, 0.6) is 0 Å². The molecule has 0 saturated carbocycles. The number of pyridine rings is 2. The lowest BCUT2D eigenvalue weighted by molar-refractivity contribution is 0.0695. The average molecular weight is 471 g/mol. The van der Waals surface area contributed by atoms with Gasteiger partial charge >= 0.3 is 5.97 Å². The molecule has 2 aromatic heterocycles. The summed E-state index contributed by atoms with van der Waals surface area (Å²) in [5, 5.41) is 17.7. The van der Waals surface area contributed by atoms with Crippen LogP contribution in [0.3, 0.4) is 0 Å². The van der Waals surface area contributed by atoms with Gasteiger partial charge in [-0.3, -0.25) is 9.36 Å². The molecule has 1 fully saturated rings. The predicted octanol–water partition coefficient (Wildman–Crippen LogP) is 1.42. The smallest absolute Gasteiger partial charge is 0.341 e. The highest BCUT2D eigenvalue weighted by Gasteiger charge is 2.25. The maximum absolute atomic E-state index is 15.0. The Bertz CT molecular complexity index is 1440. The third-order valence-corrected chi connectivity index (χ3v) is 5.38. The summed E-state index contributed by atoms with van der Waals surface area (Å²) >= 11 is 0. The number of carboxylic acids is 1. The second-order valence-corrected chi connectivity index (χ2v) is 7.35. The zero-order valence-corrected chi connectivity index (χ0v) is 17.4. The lowest BCUT2D eigenvalue weighted by Crippen LogP contribution is -2.51. The zero-order valence-electron chi connectivity index (χ0n) is 17.4. The first-order valence-electron chi connectivity index (χ1n) is 9.88. The molecule has 174 valence electrons. The van der Waals surface area contributed by atoms with Crippen LogP contribution < -0.4 is 16.1 Å². The summed E-state index contributed by atoms with van der Waals surface area (Å²) in [4.78, 5) is 35.2. The molecule has 3 N–H and O–H groups in total. The Kier molecular flexibility index (Phi) is 5.80. The van der Waals surface area contributed by atoms with E-state index in [1.54, 1.807) is 16.0 Å². The number of fused-ring (bicyclic) bond motifs is 1. The van der Waals surface area contributed by atoms with Crippen molar-refractivity contribution in [1.29, 1.82) is 5.26 Å². The van der Waals surface area contributed by atoms with Crippen LogP contribution in [0.15, 0.2) is 40.2 Å². The molecule has 1 aliphatic rings. The summed E-state index contributed by atoms with van der Waals surface area (Å²) in [5.41, 5.74) is 3.50. The second kappa shape index (κ2) is 8.74. The topological polar surface area (TPSA) is 141 Å². The molecule has 1 saturated heterocycles. The largest absolute Gasteiger partial charge is 0.477 e. The third-order valence-electron chi connectivity index (χ3n) is 5.38. The second-order valence-electron chi connectivity index (χ2n) is 7.35. The standard InChI is InChI=1S/C21H16F3N7O3/c22-11-1-2-16(14(23)7-11)31-9-13(20(33)34)17(32)12-8-15(24)19(28-18(12)31)29-3-5-30(6-4-29)21(26)27-10-25/h1-2,7-9H,3-6H2,(H2,26,27)(H,33,34). The Balaban J connectivity index is 1.86. The molecule has 0 aliphatic carbocycles. The summed E-state index contributed by atoms with van der Waals surface area (Å²) in [5.74, 6) is -4.50. The number of hydrogen-bond acceptors (Lipinski definition) is 6. The summed E-state index contributed by atoms with van der Waals surface area (Å²) in [6, 6.07) is 3.46. The van der Waals surface area contributed by atoms with E-state index < -0.39 is 34.4 Å². The number of piperazine rings is 1. The Morgan fingerprint density at radius 3 is 2.47 bits per heavy atom. The van der Waals surface area contributed by atoms with Gasteiger partial charge in [-0.1, -0.05) is 0 Å². The molecule has 1 aromatic carbocycles. The monoisotopic (exact) mass is 471 g/mol. The number of benzene rings is 1. The molecule has 0 radical (unpaired) electrons. The van der Waals surface area contributed by atoms with Crippen LogP contribution in [0.2, 0.25) is 0 Å². The molecule has 3 heterocycles. The van der Waals surface area contributed by atoms with Gasteiger partial charge < -0.3 is 20.6 Å². The first-order chi connectivity index (χ1) is 16.2. The molecular weight excluding hydrogens is 455 g/mol. The first kappa shape index (κ1) is 22.6. The summed E-state index contributed by atoms with van der Waals surface area (Å²) < 4.78 is 44.0. The molecule has 0 atom stereocenters. The van der Waals surface area contributed by atoms with Gasteiger partial charge in [0.15, 0.2) is 17.3 Å². The van der Waals surface area contributed by atoms with Gasteiger partial charge in [0.2, 0.25) is 17.6 Å². The van der Waals surface area contributed by atoms with E-state index in [4.69, 9.17) is 11.0 Å². The van der Waals surface area contributed by atoms with Crippen molar-refractivity contribution in [2.45, 2.75) is 0 Å². The van der Waals surface area contributed by atoms with Gasteiger partial charge in [-0.2, -0.15) is 5.26 Å². The van der Waals surface area contributed by atoms with E-state index in [1.807, 2.05) is 0 Å². The highest BCUT2D eigenvalue weighted by molar-refractivity contribution is 5.92. The molecule has 3 aromatic rings. The summed E-state index contributed by atoms with van der Waals surface area (Å²) in [6.07, 6.45) is 2.46. The predicted molar refractivity (Wildman–Crippen MR) is 115 cm³/mol. The van der Waals surface area contributed by atoms with Crippen molar-refractivity contribution in [3.63, 3.8) is 0 Å². The minimum absolute atomic E-state index is 0.0240. The number of aromatic nitrogens is 2. The van der Waals surface area contributed by atoms with Crippen LogP contribution in [-0.2, 0) is 0 Å². The average Bonchev–Trinajstić information content (AvgIpc) is 2.80. The highest BCUT2D eigenvalue weighted by atomic mass is 19.1. The Morgan fingerprint density at radius 2 is 1.85 bits per heavy atom. The van der Waals surface area contributed by atoms with E-state index >= 15 is 4.39 Å². The number of carboxylic acid groups (broad SMARTS) is 1. The summed E-state index contributed by atoms with van der Waals surface area (Å²) in [6.45, 7) is 1.07. The van der Waals surface area contributed by atoms with E-state index in [-0.39, 0.29) is 41.6 Å². The van der Waals surface area contributed by atoms with Crippen molar-refractivity contribution in [3.8, 4) is 11.9 Å². The maximum atomic E-state index is 15.0. The molecule has 0 amide bonds. The highest BCUT2D eigenvalue weighted by Crippen LogP contribution is 2.25. The number of nitrogens with zero attached hydrogens (tertiary/aromatic N) is 6. The lowest BCUT2D eigenvalue weighted by atomic mass is 10.1. The van der Waals surface area contributed by atoms with E-state index in [0.29, 0.717) is 19.2 Å². The van der Waals surface area contributed by atoms with Crippen LogP contribution in [0.1, 0.15) is 10.4 Å².